The molecule has 3 nitrogen and oxygen atoms in total. The van der Waals surface area contributed by atoms with Crippen molar-refractivity contribution in [2.45, 2.75) is 71.1 Å². The molecule has 0 saturated heterocycles. The number of benzene rings is 1. The number of nitrogens with one attached hydrogen (secondary N) is 1. The van der Waals surface area contributed by atoms with Gasteiger partial charge in [-0.05, 0) is 24.6 Å². The van der Waals surface area contributed by atoms with Gasteiger partial charge in [0.1, 0.15) is 0 Å². The summed E-state index contributed by atoms with van der Waals surface area (Å²) in [5.74, 6) is -0.927. The standard InChI is InChI=1S/C19H30ClNO2/c1-2-3-4-5-6-7-8-9-10-11-14-21-18-15-16(19(22)23)12-13-17(18)20/h12-13,15,21H,2-11,14H2,1H3,(H,22,23). The Hall–Kier alpha value is -1.22. The fourth-order valence-electron chi connectivity index (χ4n) is 2.63. The van der Waals surface area contributed by atoms with Crippen LogP contribution in [0.5, 0.6) is 0 Å². The smallest absolute Gasteiger partial charge is 0.335 e. The van der Waals surface area contributed by atoms with E-state index in [9.17, 15) is 4.79 Å². The summed E-state index contributed by atoms with van der Waals surface area (Å²) in [6.45, 7) is 3.08. The predicted molar refractivity (Wildman–Crippen MR) is 98.7 cm³/mol. The maximum absolute atomic E-state index is 11.0. The molecular weight excluding hydrogens is 310 g/mol. The molecule has 0 unspecified atom stereocenters. The molecule has 0 aromatic heterocycles. The number of rotatable bonds is 13. The van der Waals surface area contributed by atoms with Gasteiger partial charge in [-0.3, -0.25) is 0 Å². The molecule has 23 heavy (non-hydrogen) atoms. The Labute approximate surface area is 145 Å². The quantitative estimate of drug-likeness (QED) is 0.410. The van der Waals surface area contributed by atoms with Crippen LogP contribution in [0.25, 0.3) is 0 Å². The first kappa shape index (κ1) is 19.8. The normalized spacial score (nSPS) is 10.7. The van der Waals surface area contributed by atoms with E-state index in [1.54, 1.807) is 12.1 Å². The van der Waals surface area contributed by atoms with Gasteiger partial charge in [0, 0.05) is 6.54 Å². The van der Waals surface area contributed by atoms with Crippen LogP contribution < -0.4 is 5.32 Å². The number of hydrogen-bond acceptors (Lipinski definition) is 2. The first-order valence-corrected chi connectivity index (χ1v) is 9.29. The number of carbonyl (C=O) groups is 1. The highest BCUT2D eigenvalue weighted by Gasteiger charge is 2.06. The summed E-state index contributed by atoms with van der Waals surface area (Å²) in [5.41, 5.74) is 0.975. The Morgan fingerprint density at radius 3 is 2.13 bits per heavy atom. The fraction of sp³-hybridized carbons (Fsp3) is 0.632. The zero-order chi connectivity index (χ0) is 16.9. The SMILES string of the molecule is CCCCCCCCCCCCNc1cc(C(=O)O)ccc1Cl. The highest BCUT2D eigenvalue weighted by atomic mass is 35.5. The van der Waals surface area contributed by atoms with E-state index in [1.807, 2.05) is 0 Å². The third-order valence-corrected chi connectivity index (χ3v) is 4.39. The molecule has 0 aliphatic carbocycles. The highest BCUT2D eigenvalue weighted by molar-refractivity contribution is 6.33. The van der Waals surface area contributed by atoms with Crippen molar-refractivity contribution in [1.82, 2.24) is 0 Å². The van der Waals surface area contributed by atoms with Gasteiger partial charge in [0.15, 0.2) is 0 Å². The van der Waals surface area contributed by atoms with E-state index in [2.05, 4.69) is 12.2 Å². The Bertz CT molecular complexity index is 463. The second-order valence-corrected chi connectivity index (χ2v) is 6.52. The molecule has 0 aliphatic heterocycles. The van der Waals surface area contributed by atoms with E-state index < -0.39 is 5.97 Å². The molecule has 130 valence electrons. The van der Waals surface area contributed by atoms with Crippen LogP contribution in [0.2, 0.25) is 5.02 Å². The van der Waals surface area contributed by atoms with Gasteiger partial charge in [-0.15, -0.1) is 0 Å². The molecule has 4 heteroatoms. The summed E-state index contributed by atoms with van der Waals surface area (Å²) < 4.78 is 0. The summed E-state index contributed by atoms with van der Waals surface area (Å²) in [7, 11) is 0. The van der Waals surface area contributed by atoms with Crippen LogP contribution in [0.15, 0.2) is 18.2 Å². The maximum Gasteiger partial charge on any atom is 0.335 e. The molecule has 0 saturated carbocycles. The van der Waals surface area contributed by atoms with Crippen LogP contribution in [0.4, 0.5) is 5.69 Å². The molecule has 2 N–H and O–H groups in total. The zero-order valence-electron chi connectivity index (χ0n) is 14.2. The maximum atomic E-state index is 11.0. The molecule has 1 rings (SSSR count). The number of aromatic carboxylic acids is 1. The summed E-state index contributed by atoms with van der Waals surface area (Å²) in [6, 6.07) is 4.75. The Balaban J connectivity index is 2.07. The minimum Gasteiger partial charge on any atom is -0.478 e. The summed E-state index contributed by atoms with van der Waals surface area (Å²) >= 11 is 6.08. The molecule has 0 radical (unpaired) electrons. The van der Waals surface area contributed by atoms with Crippen LogP contribution in [0, 0.1) is 0 Å². The minimum absolute atomic E-state index is 0.264. The van der Waals surface area contributed by atoms with E-state index >= 15 is 0 Å². The van der Waals surface area contributed by atoms with E-state index in [-0.39, 0.29) is 5.56 Å². The third-order valence-electron chi connectivity index (χ3n) is 4.06. The van der Waals surface area contributed by atoms with Gasteiger partial charge >= 0.3 is 5.97 Å². The van der Waals surface area contributed by atoms with Gasteiger partial charge in [0.25, 0.3) is 0 Å². The van der Waals surface area contributed by atoms with E-state index in [1.165, 1.54) is 63.9 Å². The van der Waals surface area contributed by atoms with Gasteiger partial charge in [-0.2, -0.15) is 0 Å². The van der Waals surface area contributed by atoms with Gasteiger partial charge in [0.2, 0.25) is 0 Å². The number of anilines is 1. The average molecular weight is 340 g/mol. The van der Waals surface area contributed by atoms with Crippen LogP contribution in [-0.2, 0) is 0 Å². The molecule has 0 aliphatic rings. The van der Waals surface area contributed by atoms with E-state index in [0.717, 1.165) is 13.0 Å². The monoisotopic (exact) mass is 339 g/mol. The lowest BCUT2D eigenvalue weighted by Crippen LogP contribution is -2.04. The molecule has 0 amide bonds. The zero-order valence-corrected chi connectivity index (χ0v) is 15.0. The van der Waals surface area contributed by atoms with Gasteiger partial charge in [0.05, 0.1) is 16.3 Å². The molecule has 0 spiro atoms. The second kappa shape index (κ2) is 12.2. The summed E-state index contributed by atoms with van der Waals surface area (Å²) in [5, 5.41) is 12.8. The molecule has 0 atom stereocenters. The van der Waals surface area contributed by atoms with E-state index in [0.29, 0.717) is 10.7 Å². The molecule has 0 heterocycles. The lowest BCUT2D eigenvalue weighted by molar-refractivity contribution is 0.0697. The van der Waals surface area contributed by atoms with Crippen LogP contribution in [0.3, 0.4) is 0 Å². The first-order chi connectivity index (χ1) is 11.1. The van der Waals surface area contributed by atoms with Gasteiger partial charge in [-0.1, -0.05) is 76.3 Å². The van der Waals surface area contributed by atoms with Crippen molar-refractivity contribution in [3.8, 4) is 0 Å². The van der Waals surface area contributed by atoms with Crippen LogP contribution >= 0.6 is 11.6 Å². The lowest BCUT2D eigenvalue weighted by Gasteiger charge is -2.09. The number of carboxylic acid groups (broad SMARTS) is 1. The topological polar surface area (TPSA) is 49.3 Å². The predicted octanol–water partition coefficient (Wildman–Crippen LogP) is 6.37. The molecule has 1 aromatic rings. The summed E-state index contributed by atoms with van der Waals surface area (Å²) in [6.07, 6.45) is 13.1. The molecule has 1 aromatic carbocycles. The van der Waals surface area contributed by atoms with Crippen molar-refractivity contribution < 1.29 is 9.90 Å². The Morgan fingerprint density at radius 2 is 1.57 bits per heavy atom. The fourth-order valence-corrected chi connectivity index (χ4v) is 2.81. The third kappa shape index (κ3) is 8.85. The number of carboxylic acids is 1. The Morgan fingerprint density at radius 1 is 1.00 bits per heavy atom. The van der Waals surface area contributed by atoms with Crippen molar-refractivity contribution >= 4 is 23.3 Å². The van der Waals surface area contributed by atoms with Crippen molar-refractivity contribution in [3.05, 3.63) is 28.8 Å². The molecule has 0 bridgehead atoms. The van der Waals surface area contributed by atoms with E-state index in [4.69, 9.17) is 16.7 Å². The van der Waals surface area contributed by atoms with Crippen molar-refractivity contribution in [2.75, 3.05) is 11.9 Å². The summed E-state index contributed by atoms with van der Waals surface area (Å²) in [4.78, 5) is 11.0. The number of halogens is 1. The van der Waals surface area contributed by atoms with Gasteiger partial charge in [-0.25, -0.2) is 4.79 Å². The number of unbranched alkanes of at least 4 members (excludes halogenated alkanes) is 9. The second-order valence-electron chi connectivity index (χ2n) is 6.11. The molecular formula is C19H30ClNO2. The largest absolute Gasteiger partial charge is 0.478 e. The highest BCUT2D eigenvalue weighted by Crippen LogP contribution is 2.23. The lowest BCUT2D eigenvalue weighted by atomic mass is 10.1. The molecule has 0 fully saturated rings. The van der Waals surface area contributed by atoms with Crippen molar-refractivity contribution in [2.24, 2.45) is 0 Å². The van der Waals surface area contributed by atoms with Crippen LogP contribution in [-0.4, -0.2) is 17.6 Å². The van der Waals surface area contributed by atoms with Gasteiger partial charge < -0.3 is 10.4 Å². The Kier molecular flexibility index (Phi) is 10.5. The average Bonchev–Trinajstić information content (AvgIpc) is 2.54. The van der Waals surface area contributed by atoms with Crippen LogP contribution in [0.1, 0.15) is 81.5 Å². The number of hydrogen-bond donors (Lipinski definition) is 2. The first-order valence-electron chi connectivity index (χ1n) is 8.92. The van der Waals surface area contributed by atoms with Crippen molar-refractivity contribution in [1.29, 1.82) is 0 Å². The minimum atomic E-state index is -0.927. The van der Waals surface area contributed by atoms with Crippen molar-refractivity contribution in [3.63, 3.8) is 0 Å².